The fraction of sp³-hybridized carbons (Fsp3) is 1.00. The van der Waals surface area contributed by atoms with Crippen LogP contribution in [0, 0.1) is 17.3 Å². The van der Waals surface area contributed by atoms with Gasteiger partial charge in [-0.05, 0) is 30.1 Å². The Kier molecular flexibility index (Phi) is 4.66. The number of hydrogen-bond acceptors (Lipinski definition) is 3. The summed E-state index contributed by atoms with van der Waals surface area (Å²) in [6, 6.07) is 0. The first-order chi connectivity index (χ1) is 7.20. The molecular formula is C11H21ClO3S. The second kappa shape index (κ2) is 5.23. The molecule has 0 spiro atoms. The van der Waals surface area contributed by atoms with E-state index in [9.17, 15) is 8.42 Å². The Bertz CT molecular complexity index is 319. The van der Waals surface area contributed by atoms with Crippen molar-refractivity contribution in [2.45, 2.75) is 33.6 Å². The maximum Gasteiger partial charge on any atom is 0.232 e. The fourth-order valence-corrected chi connectivity index (χ4v) is 2.85. The van der Waals surface area contributed by atoms with Gasteiger partial charge in [0.25, 0.3) is 0 Å². The molecule has 2 atom stereocenters. The third kappa shape index (κ3) is 5.51. The summed E-state index contributed by atoms with van der Waals surface area (Å²) in [5, 5.41) is 0. The fourth-order valence-electron chi connectivity index (χ4n) is 2.06. The van der Waals surface area contributed by atoms with Gasteiger partial charge in [-0.15, -0.1) is 0 Å². The van der Waals surface area contributed by atoms with Crippen molar-refractivity contribution in [1.29, 1.82) is 0 Å². The molecule has 1 fully saturated rings. The molecular weight excluding hydrogens is 248 g/mol. The normalized spacial score (nSPS) is 25.8. The van der Waals surface area contributed by atoms with Gasteiger partial charge in [0, 0.05) is 23.9 Å². The minimum atomic E-state index is -3.35. The highest BCUT2D eigenvalue weighted by molar-refractivity contribution is 8.13. The average molecular weight is 269 g/mol. The highest BCUT2D eigenvalue weighted by Gasteiger charge is 2.44. The molecule has 3 nitrogen and oxygen atoms in total. The monoisotopic (exact) mass is 268 g/mol. The second-order valence-corrected chi connectivity index (χ2v) is 8.54. The van der Waals surface area contributed by atoms with Gasteiger partial charge in [0.15, 0.2) is 0 Å². The van der Waals surface area contributed by atoms with Gasteiger partial charge in [-0.1, -0.05) is 20.8 Å². The predicted octanol–water partition coefficient (Wildman–Crippen LogP) is 2.64. The van der Waals surface area contributed by atoms with E-state index in [0.717, 1.165) is 12.5 Å². The molecule has 96 valence electrons. The van der Waals surface area contributed by atoms with E-state index in [4.69, 9.17) is 15.4 Å². The summed E-state index contributed by atoms with van der Waals surface area (Å²) < 4.78 is 26.7. The zero-order valence-electron chi connectivity index (χ0n) is 10.2. The van der Waals surface area contributed by atoms with Gasteiger partial charge in [-0.25, -0.2) is 8.42 Å². The van der Waals surface area contributed by atoms with Crippen molar-refractivity contribution in [3.63, 3.8) is 0 Å². The first-order valence-corrected chi connectivity index (χ1v) is 8.18. The minimum absolute atomic E-state index is 0.00191. The van der Waals surface area contributed by atoms with E-state index in [2.05, 4.69) is 20.8 Å². The predicted molar refractivity (Wildman–Crippen MR) is 66.1 cm³/mol. The van der Waals surface area contributed by atoms with Crippen LogP contribution < -0.4 is 0 Å². The summed E-state index contributed by atoms with van der Waals surface area (Å²) in [6.07, 6.45) is 1.72. The lowest BCUT2D eigenvalue weighted by molar-refractivity contribution is 0.115. The zero-order valence-corrected chi connectivity index (χ0v) is 11.8. The molecule has 1 aliphatic carbocycles. The average Bonchev–Trinajstić information content (AvgIpc) is 2.79. The van der Waals surface area contributed by atoms with Crippen LogP contribution in [0.2, 0.25) is 0 Å². The molecule has 0 bridgehead atoms. The van der Waals surface area contributed by atoms with Gasteiger partial charge in [-0.3, -0.25) is 0 Å². The molecule has 2 unspecified atom stereocenters. The molecule has 0 radical (unpaired) electrons. The lowest BCUT2D eigenvalue weighted by Crippen LogP contribution is -2.12. The van der Waals surface area contributed by atoms with Crippen LogP contribution in [0.5, 0.6) is 0 Å². The molecule has 5 heteroatoms. The zero-order chi connectivity index (χ0) is 12.4. The Hall–Kier alpha value is 0.200. The summed E-state index contributed by atoms with van der Waals surface area (Å²) in [5.74, 6) is 1.42. The second-order valence-electron chi connectivity index (χ2n) is 5.64. The van der Waals surface area contributed by atoms with Crippen LogP contribution in [0.25, 0.3) is 0 Å². The number of rotatable bonds is 6. The molecule has 1 rings (SSSR count). The van der Waals surface area contributed by atoms with E-state index in [1.54, 1.807) is 0 Å². The number of hydrogen-bond donors (Lipinski definition) is 0. The molecule has 1 saturated carbocycles. The molecule has 0 amide bonds. The largest absolute Gasteiger partial charge is 0.381 e. The Labute approximate surface area is 103 Å². The molecule has 0 aromatic carbocycles. The maximum absolute atomic E-state index is 10.6. The van der Waals surface area contributed by atoms with E-state index in [0.29, 0.717) is 24.4 Å². The van der Waals surface area contributed by atoms with Crippen LogP contribution in [-0.4, -0.2) is 27.4 Å². The van der Waals surface area contributed by atoms with E-state index < -0.39 is 9.05 Å². The Morgan fingerprint density at radius 2 is 2.00 bits per heavy atom. The van der Waals surface area contributed by atoms with Gasteiger partial charge < -0.3 is 4.74 Å². The van der Waals surface area contributed by atoms with Gasteiger partial charge in [0.05, 0.1) is 5.75 Å². The molecule has 0 aromatic rings. The van der Waals surface area contributed by atoms with Crippen molar-refractivity contribution >= 4 is 19.7 Å². The van der Waals surface area contributed by atoms with Gasteiger partial charge in [0.2, 0.25) is 9.05 Å². The van der Waals surface area contributed by atoms with E-state index in [1.807, 2.05) is 0 Å². The van der Waals surface area contributed by atoms with Gasteiger partial charge >= 0.3 is 0 Å². The third-order valence-electron chi connectivity index (χ3n) is 3.04. The van der Waals surface area contributed by atoms with Crippen LogP contribution in [-0.2, 0) is 13.8 Å². The standard InChI is InChI=1S/C11H21ClO3S/c1-11(2,3)10-7-9(10)8-15-5-4-6-16(12,13)14/h9-10H,4-8H2,1-3H3. The Morgan fingerprint density at radius 1 is 1.38 bits per heavy atom. The van der Waals surface area contributed by atoms with E-state index >= 15 is 0 Å². The molecule has 0 N–H and O–H groups in total. The first kappa shape index (κ1) is 14.3. The summed E-state index contributed by atoms with van der Waals surface area (Å²) in [6.45, 7) is 7.98. The van der Waals surface area contributed by atoms with Crippen molar-refractivity contribution in [1.82, 2.24) is 0 Å². The quantitative estimate of drug-likeness (QED) is 0.549. The van der Waals surface area contributed by atoms with Crippen molar-refractivity contribution < 1.29 is 13.2 Å². The molecule has 0 heterocycles. The lowest BCUT2D eigenvalue weighted by Gasteiger charge is -2.17. The van der Waals surface area contributed by atoms with Crippen molar-refractivity contribution in [3.05, 3.63) is 0 Å². The SMILES string of the molecule is CC(C)(C)C1CC1COCCCS(=O)(=O)Cl. The number of ether oxygens (including phenoxy) is 1. The van der Waals surface area contributed by atoms with Gasteiger partial charge in [-0.2, -0.15) is 0 Å². The molecule has 16 heavy (non-hydrogen) atoms. The van der Waals surface area contributed by atoms with Crippen molar-refractivity contribution in [3.8, 4) is 0 Å². The van der Waals surface area contributed by atoms with Crippen LogP contribution in [0.4, 0.5) is 0 Å². The summed E-state index contributed by atoms with van der Waals surface area (Å²) in [7, 11) is 1.74. The minimum Gasteiger partial charge on any atom is -0.381 e. The summed E-state index contributed by atoms with van der Waals surface area (Å²) >= 11 is 0. The highest BCUT2D eigenvalue weighted by atomic mass is 35.7. The third-order valence-corrected chi connectivity index (χ3v) is 4.28. The molecule has 0 aromatic heterocycles. The molecule has 0 saturated heterocycles. The summed E-state index contributed by atoms with van der Waals surface area (Å²) in [4.78, 5) is 0. The van der Waals surface area contributed by atoms with Crippen LogP contribution in [0.15, 0.2) is 0 Å². The smallest absolute Gasteiger partial charge is 0.232 e. The summed E-state index contributed by atoms with van der Waals surface area (Å²) in [5.41, 5.74) is 0.369. The maximum atomic E-state index is 10.6. The van der Waals surface area contributed by atoms with E-state index in [1.165, 1.54) is 6.42 Å². The van der Waals surface area contributed by atoms with E-state index in [-0.39, 0.29) is 5.75 Å². The molecule has 1 aliphatic rings. The Balaban J connectivity index is 2.02. The first-order valence-electron chi connectivity index (χ1n) is 5.70. The van der Waals surface area contributed by atoms with Crippen LogP contribution >= 0.6 is 10.7 Å². The van der Waals surface area contributed by atoms with Crippen LogP contribution in [0.1, 0.15) is 33.6 Å². The molecule has 0 aliphatic heterocycles. The highest BCUT2D eigenvalue weighted by Crippen LogP contribution is 2.50. The number of halogens is 1. The lowest BCUT2D eigenvalue weighted by atomic mass is 9.89. The van der Waals surface area contributed by atoms with Crippen LogP contribution in [0.3, 0.4) is 0 Å². The van der Waals surface area contributed by atoms with Crippen molar-refractivity contribution in [2.75, 3.05) is 19.0 Å². The van der Waals surface area contributed by atoms with Gasteiger partial charge in [0.1, 0.15) is 0 Å². The topological polar surface area (TPSA) is 43.4 Å². The Morgan fingerprint density at radius 3 is 2.44 bits per heavy atom. The van der Waals surface area contributed by atoms with Crippen molar-refractivity contribution in [2.24, 2.45) is 17.3 Å².